The predicted molar refractivity (Wildman–Crippen MR) is 85.6 cm³/mol. The van der Waals surface area contributed by atoms with Gasteiger partial charge in [-0.15, -0.1) is 0 Å². The second-order valence-corrected chi connectivity index (χ2v) is 5.97. The molecule has 2 rings (SSSR count). The van der Waals surface area contributed by atoms with Crippen LogP contribution in [-0.4, -0.2) is 24.0 Å². The van der Waals surface area contributed by atoms with E-state index in [0.717, 1.165) is 17.8 Å². The van der Waals surface area contributed by atoms with Gasteiger partial charge in [-0.2, -0.15) is 0 Å². The molecule has 1 fully saturated rings. The summed E-state index contributed by atoms with van der Waals surface area (Å²) in [6, 6.07) is 11.7. The van der Waals surface area contributed by atoms with Crippen LogP contribution >= 0.6 is 0 Å². The van der Waals surface area contributed by atoms with E-state index in [1.807, 2.05) is 13.8 Å². The Morgan fingerprint density at radius 2 is 1.53 bits per heavy atom. The molecule has 0 bridgehead atoms. The molecule has 1 heterocycles. The normalized spacial score (nSPS) is 23.6. The summed E-state index contributed by atoms with van der Waals surface area (Å²) in [5, 5.41) is 0. The van der Waals surface area contributed by atoms with Gasteiger partial charge >= 0.3 is 0 Å². The first-order chi connectivity index (χ1) is 9.09. The van der Waals surface area contributed by atoms with Gasteiger partial charge in [-0.25, -0.2) is 0 Å². The van der Waals surface area contributed by atoms with Crippen LogP contribution in [0.15, 0.2) is 30.3 Å². The Hall–Kier alpha value is -0.820. The second kappa shape index (κ2) is 7.69. The summed E-state index contributed by atoms with van der Waals surface area (Å²) in [6.45, 7) is 15.8. The van der Waals surface area contributed by atoms with Gasteiger partial charge < -0.3 is 4.90 Å². The lowest BCUT2D eigenvalue weighted by atomic mass is 9.82. The Kier molecular flexibility index (Phi) is 6.57. The highest BCUT2D eigenvalue weighted by molar-refractivity contribution is 5.22. The molecular weight excluding hydrogens is 230 g/mol. The molecule has 1 heteroatoms. The zero-order valence-electron chi connectivity index (χ0n) is 13.6. The summed E-state index contributed by atoms with van der Waals surface area (Å²) in [5.74, 6) is 2.29. The monoisotopic (exact) mass is 261 g/mol. The topological polar surface area (TPSA) is 3.24 Å². The third-order valence-electron chi connectivity index (χ3n) is 4.21. The van der Waals surface area contributed by atoms with Crippen LogP contribution in [0.1, 0.15) is 53.0 Å². The first-order valence-corrected chi connectivity index (χ1v) is 7.88. The molecule has 0 aliphatic carbocycles. The largest absolute Gasteiger partial charge is 0.300 e. The van der Waals surface area contributed by atoms with E-state index < -0.39 is 0 Å². The number of benzene rings is 1. The van der Waals surface area contributed by atoms with Crippen LogP contribution < -0.4 is 0 Å². The Labute approximate surface area is 120 Å². The van der Waals surface area contributed by atoms with Crippen molar-refractivity contribution in [2.24, 2.45) is 11.8 Å². The minimum absolute atomic E-state index is 0.671. The SMILES string of the molecule is CC.CC(C)C1CN(C(C)C)CC1c1ccccc1. The maximum atomic E-state index is 2.63. The lowest BCUT2D eigenvalue weighted by Gasteiger charge is -2.22. The average molecular weight is 261 g/mol. The maximum absolute atomic E-state index is 2.63. The molecule has 1 aliphatic rings. The van der Waals surface area contributed by atoms with E-state index in [4.69, 9.17) is 0 Å². The Morgan fingerprint density at radius 1 is 0.947 bits per heavy atom. The van der Waals surface area contributed by atoms with E-state index in [1.54, 1.807) is 0 Å². The molecule has 1 aliphatic heterocycles. The molecule has 2 atom stereocenters. The van der Waals surface area contributed by atoms with Gasteiger partial charge in [-0.3, -0.25) is 0 Å². The van der Waals surface area contributed by atoms with Gasteiger partial charge in [-0.05, 0) is 31.2 Å². The van der Waals surface area contributed by atoms with E-state index in [2.05, 4.69) is 62.9 Å². The van der Waals surface area contributed by atoms with Crippen molar-refractivity contribution in [3.05, 3.63) is 35.9 Å². The first kappa shape index (κ1) is 16.2. The van der Waals surface area contributed by atoms with Gasteiger partial charge in [0.15, 0.2) is 0 Å². The molecule has 1 aromatic rings. The molecule has 0 N–H and O–H groups in total. The standard InChI is InChI=1S/C16H25N.C2H6/c1-12(2)15-10-17(13(3)4)11-16(15)14-8-6-5-7-9-14;1-2/h5-9,12-13,15-16H,10-11H2,1-4H3;1-2H3. The van der Waals surface area contributed by atoms with Crippen molar-refractivity contribution in [3.8, 4) is 0 Å². The van der Waals surface area contributed by atoms with Crippen LogP contribution in [0.4, 0.5) is 0 Å². The van der Waals surface area contributed by atoms with Crippen LogP contribution in [0.2, 0.25) is 0 Å². The number of likely N-dealkylation sites (tertiary alicyclic amines) is 1. The van der Waals surface area contributed by atoms with Crippen LogP contribution in [0, 0.1) is 11.8 Å². The highest BCUT2D eigenvalue weighted by atomic mass is 15.2. The van der Waals surface area contributed by atoms with Crippen molar-refractivity contribution in [1.82, 2.24) is 4.90 Å². The molecule has 0 saturated carbocycles. The minimum Gasteiger partial charge on any atom is -0.300 e. The maximum Gasteiger partial charge on any atom is 0.00563 e. The molecule has 0 radical (unpaired) electrons. The van der Waals surface area contributed by atoms with Gasteiger partial charge in [-0.1, -0.05) is 58.0 Å². The van der Waals surface area contributed by atoms with Crippen LogP contribution in [0.5, 0.6) is 0 Å². The zero-order valence-corrected chi connectivity index (χ0v) is 13.6. The lowest BCUT2D eigenvalue weighted by molar-refractivity contribution is 0.253. The summed E-state index contributed by atoms with van der Waals surface area (Å²) < 4.78 is 0. The van der Waals surface area contributed by atoms with E-state index in [-0.39, 0.29) is 0 Å². The quantitative estimate of drug-likeness (QED) is 0.756. The van der Waals surface area contributed by atoms with Gasteiger partial charge in [0.2, 0.25) is 0 Å². The third kappa shape index (κ3) is 4.07. The van der Waals surface area contributed by atoms with Crippen molar-refractivity contribution in [2.45, 2.75) is 53.5 Å². The van der Waals surface area contributed by atoms with E-state index in [1.165, 1.54) is 18.7 Å². The lowest BCUT2D eigenvalue weighted by Crippen LogP contribution is -2.28. The van der Waals surface area contributed by atoms with Crippen LogP contribution in [-0.2, 0) is 0 Å². The summed E-state index contributed by atoms with van der Waals surface area (Å²) >= 11 is 0. The Morgan fingerprint density at radius 3 is 2.00 bits per heavy atom. The van der Waals surface area contributed by atoms with E-state index in [9.17, 15) is 0 Å². The highest BCUT2D eigenvalue weighted by Crippen LogP contribution is 2.37. The van der Waals surface area contributed by atoms with Crippen molar-refractivity contribution in [2.75, 3.05) is 13.1 Å². The second-order valence-electron chi connectivity index (χ2n) is 5.97. The highest BCUT2D eigenvalue weighted by Gasteiger charge is 2.36. The fourth-order valence-electron chi connectivity index (χ4n) is 3.01. The molecule has 2 unspecified atom stereocenters. The minimum atomic E-state index is 0.671. The van der Waals surface area contributed by atoms with E-state index >= 15 is 0 Å². The van der Waals surface area contributed by atoms with Gasteiger partial charge in [0, 0.05) is 25.0 Å². The average Bonchev–Trinajstić information content (AvgIpc) is 2.87. The van der Waals surface area contributed by atoms with Gasteiger partial charge in [0.25, 0.3) is 0 Å². The molecule has 0 aromatic heterocycles. The summed E-state index contributed by atoms with van der Waals surface area (Å²) in [4.78, 5) is 2.63. The van der Waals surface area contributed by atoms with Crippen molar-refractivity contribution >= 4 is 0 Å². The molecule has 1 nitrogen and oxygen atoms in total. The summed E-state index contributed by atoms with van der Waals surface area (Å²) in [7, 11) is 0. The molecular formula is C18H31N. The fraction of sp³-hybridized carbons (Fsp3) is 0.667. The number of hydrogen-bond donors (Lipinski definition) is 0. The van der Waals surface area contributed by atoms with Crippen molar-refractivity contribution in [3.63, 3.8) is 0 Å². The van der Waals surface area contributed by atoms with Gasteiger partial charge in [0.05, 0.1) is 0 Å². The molecule has 1 saturated heterocycles. The number of rotatable bonds is 3. The zero-order chi connectivity index (χ0) is 14.4. The number of hydrogen-bond acceptors (Lipinski definition) is 1. The predicted octanol–water partition coefficient (Wildman–Crippen LogP) is 4.79. The molecule has 19 heavy (non-hydrogen) atoms. The smallest absolute Gasteiger partial charge is 0.00563 e. The summed E-state index contributed by atoms with van der Waals surface area (Å²) in [6.07, 6.45) is 0. The van der Waals surface area contributed by atoms with E-state index in [0.29, 0.717) is 6.04 Å². The first-order valence-electron chi connectivity index (χ1n) is 7.88. The van der Waals surface area contributed by atoms with Crippen molar-refractivity contribution < 1.29 is 0 Å². The number of nitrogens with zero attached hydrogens (tertiary/aromatic N) is 1. The molecule has 0 amide bonds. The fourth-order valence-corrected chi connectivity index (χ4v) is 3.01. The van der Waals surface area contributed by atoms with Crippen molar-refractivity contribution in [1.29, 1.82) is 0 Å². The van der Waals surface area contributed by atoms with Crippen LogP contribution in [0.25, 0.3) is 0 Å². The Balaban J connectivity index is 0.000000861. The summed E-state index contributed by atoms with van der Waals surface area (Å²) in [5.41, 5.74) is 1.52. The van der Waals surface area contributed by atoms with Crippen LogP contribution in [0.3, 0.4) is 0 Å². The Bertz CT molecular complexity index is 342. The third-order valence-corrected chi connectivity index (χ3v) is 4.21. The molecule has 108 valence electrons. The van der Waals surface area contributed by atoms with Gasteiger partial charge in [0.1, 0.15) is 0 Å². The molecule has 0 spiro atoms. The molecule has 1 aromatic carbocycles.